The van der Waals surface area contributed by atoms with Gasteiger partial charge in [-0.3, -0.25) is 10.1 Å². The topological polar surface area (TPSA) is 89.9 Å². The first-order valence-electron chi connectivity index (χ1n) is 11.1. The third-order valence-corrected chi connectivity index (χ3v) is 5.45. The molecule has 1 aliphatic heterocycles. The number of esters is 2. The molecule has 8 nitrogen and oxygen atoms in total. The third kappa shape index (κ3) is 4.85. The van der Waals surface area contributed by atoms with Gasteiger partial charge in [-0.1, -0.05) is 13.8 Å². The van der Waals surface area contributed by atoms with Crippen LogP contribution in [0.1, 0.15) is 50.5 Å². The first kappa shape index (κ1) is 24.6. The predicted molar refractivity (Wildman–Crippen MR) is 119 cm³/mol. The summed E-state index contributed by atoms with van der Waals surface area (Å²) in [6.07, 6.45) is 1.37. The second-order valence-corrected chi connectivity index (χ2v) is 8.24. The monoisotopic (exact) mass is 465 g/mol. The molecule has 1 unspecified atom stereocenters. The van der Waals surface area contributed by atoms with Crippen molar-refractivity contribution in [1.29, 1.82) is 0 Å². The van der Waals surface area contributed by atoms with Crippen LogP contribution in [0.3, 0.4) is 0 Å². The fourth-order valence-electron chi connectivity index (χ4n) is 4.03. The van der Waals surface area contributed by atoms with Gasteiger partial charge in [0.25, 0.3) is 0 Å². The Labute approximate surface area is 190 Å². The molecular formula is C23H29F2N3O5. The summed E-state index contributed by atoms with van der Waals surface area (Å²) >= 11 is 0. The molecule has 180 valence electrons. The van der Waals surface area contributed by atoms with Crippen LogP contribution >= 0.6 is 0 Å². The van der Waals surface area contributed by atoms with Gasteiger partial charge in [0.2, 0.25) is 5.43 Å². The summed E-state index contributed by atoms with van der Waals surface area (Å²) in [7, 11) is 0. The minimum Gasteiger partial charge on any atom is -0.464 e. The van der Waals surface area contributed by atoms with Crippen molar-refractivity contribution in [3.05, 3.63) is 39.7 Å². The van der Waals surface area contributed by atoms with Crippen LogP contribution in [-0.2, 0) is 14.3 Å². The van der Waals surface area contributed by atoms with E-state index < -0.39 is 40.6 Å². The van der Waals surface area contributed by atoms with E-state index in [0.29, 0.717) is 13.1 Å². The second-order valence-electron chi connectivity index (χ2n) is 8.24. The Morgan fingerprint density at radius 1 is 1.18 bits per heavy atom. The van der Waals surface area contributed by atoms with Gasteiger partial charge in [-0.05, 0) is 32.3 Å². The van der Waals surface area contributed by atoms with Crippen molar-refractivity contribution in [3.63, 3.8) is 0 Å². The standard InChI is InChI=1S/C23H29F2N3O5/c1-5-32-22(30)15-11-28(17(9-13(3)4)23(31)33-6-2)19-14(21(15)29)10-16(24)20(18(19)25)27-8-7-26-12-27/h10-11,13,17,26H,5-9,12H2,1-4H3. The molecule has 1 fully saturated rings. The number of aromatic nitrogens is 1. The van der Waals surface area contributed by atoms with Crippen molar-refractivity contribution >= 4 is 28.5 Å². The number of halogens is 2. The van der Waals surface area contributed by atoms with Crippen molar-refractivity contribution in [1.82, 2.24) is 9.88 Å². The Morgan fingerprint density at radius 2 is 1.88 bits per heavy atom. The van der Waals surface area contributed by atoms with E-state index in [1.165, 1.54) is 9.47 Å². The summed E-state index contributed by atoms with van der Waals surface area (Å²) in [6.45, 7) is 8.23. The molecule has 1 N–H and O–H groups in total. The summed E-state index contributed by atoms with van der Waals surface area (Å²) in [5, 5.41) is 2.67. The molecule has 1 saturated heterocycles. The molecule has 33 heavy (non-hydrogen) atoms. The summed E-state index contributed by atoms with van der Waals surface area (Å²) in [5.74, 6) is -3.48. The van der Waals surface area contributed by atoms with Crippen molar-refractivity contribution in [2.45, 2.75) is 40.2 Å². The van der Waals surface area contributed by atoms with E-state index in [9.17, 15) is 14.4 Å². The Bertz CT molecular complexity index is 1110. The maximum Gasteiger partial charge on any atom is 0.343 e. The van der Waals surface area contributed by atoms with Crippen LogP contribution in [0.15, 0.2) is 17.1 Å². The molecule has 1 aliphatic rings. The number of rotatable bonds is 8. The van der Waals surface area contributed by atoms with Gasteiger partial charge in [-0.25, -0.2) is 18.4 Å². The maximum absolute atomic E-state index is 15.9. The van der Waals surface area contributed by atoms with Gasteiger partial charge in [-0.15, -0.1) is 0 Å². The average Bonchev–Trinajstić information content (AvgIpc) is 3.27. The van der Waals surface area contributed by atoms with Gasteiger partial charge >= 0.3 is 11.9 Å². The summed E-state index contributed by atoms with van der Waals surface area (Å²) in [6, 6.07) is -0.115. The molecule has 1 atom stereocenters. The van der Waals surface area contributed by atoms with Gasteiger partial charge in [0.15, 0.2) is 5.82 Å². The average molecular weight is 465 g/mol. The molecule has 0 radical (unpaired) electrons. The molecule has 0 amide bonds. The zero-order valence-corrected chi connectivity index (χ0v) is 19.2. The lowest BCUT2D eigenvalue weighted by molar-refractivity contribution is -0.147. The highest BCUT2D eigenvalue weighted by Crippen LogP contribution is 2.33. The van der Waals surface area contributed by atoms with Crippen LogP contribution < -0.4 is 15.6 Å². The lowest BCUT2D eigenvalue weighted by atomic mass is 10.0. The largest absolute Gasteiger partial charge is 0.464 e. The van der Waals surface area contributed by atoms with Crippen LogP contribution in [0.4, 0.5) is 14.5 Å². The zero-order chi connectivity index (χ0) is 24.3. The molecule has 0 spiro atoms. The van der Waals surface area contributed by atoms with E-state index in [1.807, 2.05) is 13.8 Å². The first-order valence-corrected chi connectivity index (χ1v) is 11.1. The van der Waals surface area contributed by atoms with E-state index in [0.717, 1.165) is 12.3 Å². The quantitative estimate of drug-likeness (QED) is 0.600. The summed E-state index contributed by atoms with van der Waals surface area (Å²) in [4.78, 5) is 39.9. The number of carbonyl (C=O) groups is 2. The van der Waals surface area contributed by atoms with Crippen LogP contribution in [-0.4, -0.2) is 49.5 Å². The summed E-state index contributed by atoms with van der Waals surface area (Å²) in [5.41, 5.74) is -1.82. The van der Waals surface area contributed by atoms with Crippen molar-refractivity contribution in [3.8, 4) is 0 Å². The number of anilines is 1. The highest BCUT2D eigenvalue weighted by atomic mass is 19.1. The fourth-order valence-corrected chi connectivity index (χ4v) is 4.03. The minimum absolute atomic E-state index is 0.00717. The van der Waals surface area contributed by atoms with E-state index in [4.69, 9.17) is 9.47 Å². The fraction of sp³-hybridized carbons (Fsp3) is 0.522. The van der Waals surface area contributed by atoms with Crippen LogP contribution in [0.2, 0.25) is 0 Å². The van der Waals surface area contributed by atoms with E-state index in [1.54, 1.807) is 13.8 Å². The van der Waals surface area contributed by atoms with Crippen LogP contribution in [0.25, 0.3) is 10.9 Å². The lowest BCUT2D eigenvalue weighted by Crippen LogP contribution is -2.30. The number of ether oxygens (including phenoxy) is 2. The molecule has 2 aromatic rings. The Kier molecular flexibility index (Phi) is 7.68. The van der Waals surface area contributed by atoms with Gasteiger partial charge in [0.05, 0.1) is 30.8 Å². The zero-order valence-electron chi connectivity index (χ0n) is 19.2. The van der Waals surface area contributed by atoms with E-state index in [-0.39, 0.29) is 48.8 Å². The molecule has 2 heterocycles. The van der Waals surface area contributed by atoms with Gasteiger partial charge in [0, 0.05) is 19.3 Å². The smallest absolute Gasteiger partial charge is 0.343 e. The first-order chi connectivity index (χ1) is 15.7. The number of benzene rings is 1. The number of pyridine rings is 1. The van der Waals surface area contributed by atoms with Crippen molar-refractivity contribution < 1.29 is 27.8 Å². The number of nitrogens with one attached hydrogen (secondary N) is 1. The number of nitrogens with zero attached hydrogens (tertiary/aromatic N) is 2. The molecule has 1 aromatic heterocycles. The normalized spacial score (nSPS) is 14.7. The molecule has 3 rings (SSSR count). The van der Waals surface area contributed by atoms with Crippen LogP contribution in [0.5, 0.6) is 0 Å². The predicted octanol–water partition coefficient (Wildman–Crippen LogP) is 2.97. The number of hydrogen-bond donors (Lipinski definition) is 1. The number of carbonyl (C=O) groups excluding carboxylic acids is 2. The third-order valence-electron chi connectivity index (χ3n) is 5.45. The number of hydrogen-bond acceptors (Lipinski definition) is 7. The SMILES string of the molecule is CCOC(=O)c1cn(C(CC(C)C)C(=O)OCC)c2c(F)c(N3CCNC3)c(F)cc2c1=O. The Hall–Kier alpha value is -3.01. The van der Waals surface area contributed by atoms with Gasteiger partial charge in [0.1, 0.15) is 23.1 Å². The van der Waals surface area contributed by atoms with Crippen molar-refractivity contribution in [2.24, 2.45) is 5.92 Å². The molecule has 0 aliphatic carbocycles. The highest BCUT2D eigenvalue weighted by Gasteiger charge is 2.31. The molecule has 0 bridgehead atoms. The molecule has 0 saturated carbocycles. The Morgan fingerprint density at radius 3 is 2.45 bits per heavy atom. The van der Waals surface area contributed by atoms with Crippen LogP contribution in [0, 0.1) is 17.6 Å². The van der Waals surface area contributed by atoms with Crippen molar-refractivity contribution in [2.75, 3.05) is 37.9 Å². The van der Waals surface area contributed by atoms with Gasteiger partial charge in [-0.2, -0.15) is 0 Å². The Balaban J connectivity index is 2.39. The highest BCUT2D eigenvalue weighted by molar-refractivity contribution is 5.95. The second kappa shape index (κ2) is 10.3. The molecule has 1 aromatic carbocycles. The van der Waals surface area contributed by atoms with E-state index >= 15 is 8.78 Å². The molecule has 10 heteroatoms. The lowest BCUT2D eigenvalue weighted by Gasteiger charge is -2.26. The molecular weight excluding hydrogens is 436 g/mol. The maximum atomic E-state index is 15.9. The minimum atomic E-state index is -1.04. The summed E-state index contributed by atoms with van der Waals surface area (Å²) < 4.78 is 42.4. The van der Waals surface area contributed by atoms with Gasteiger partial charge < -0.3 is 18.9 Å². The number of fused-ring (bicyclic) bond motifs is 1. The van der Waals surface area contributed by atoms with E-state index in [2.05, 4.69) is 5.32 Å².